The van der Waals surface area contributed by atoms with Crippen LogP contribution in [0.5, 0.6) is 11.5 Å². The molecule has 0 saturated heterocycles. The van der Waals surface area contributed by atoms with Crippen molar-refractivity contribution in [2.24, 2.45) is 5.11 Å². The van der Waals surface area contributed by atoms with Crippen LogP contribution in [0.1, 0.15) is 31.2 Å². The van der Waals surface area contributed by atoms with Crippen LogP contribution in [-0.2, 0) is 23.7 Å². The van der Waals surface area contributed by atoms with E-state index in [0.29, 0.717) is 63.4 Å². The van der Waals surface area contributed by atoms with E-state index in [1.807, 2.05) is 0 Å². The summed E-state index contributed by atoms with van der Waals surface area (Å²) in [6, 6.07) is 6.60. The second-order valence-corrected chi connectivity index (χ2v) is 10.4. The quantitative estimate of drug-likeness (QED) is 0.0112. The number of allylic oxidation sites excluding steroid dienone is 1. The van der Waals surface area contributed by atoms with Crippen molar-refractivity contribution < 1.29 is 51.1 Å². The largest absolute Gasteiger partial charge is 0.508 e. The normalized spacial score (nSPS) is 11.3. The minimum atomic E-state index is -1.92. The van der Waals surface area contributed by atoms with Crippen molar-refractivity contribution in [1.29, 1.82) is 5.53 Å². The molecule has 0 aliphatic heterocycles. The van der Waals surface area contributed by atoms with Crippen LogP contribution in [-0.4, -0.2) is 82.1 Å². The number of benzene rings is 2. The lowest BCUT2D eigenvalue weighted by molar-refractivity contribution is -0.136. The lowest BCUT2D eigenvalue weighted by atomic mass is 10.2. The van der Waals surface area contributed by atoms with Crippen molar-refractivity contribution in [2.75, 3.05) is 71.3 Å². The van der Waals surface area contributed by atoms with Gasteiger partial charge in [-0.25, -0.2) is 18.7 Å². The maximum absolute atomic E-state index is 13.9. The Balaban J connectivity index is 1.37. The van der Waals surface area contributed by atoms with E-state index in [4.69, 9.17) is 36.7 Å². The number of carbonyl (C=O) groups is 1. The number of hydrogen-bond acceptors (Lipinski definition) is 11. The molecule has 2 rings (SSSR count). The van der Waals surface area contributed by atoms with Gasteiger partial charge in [0.2, 0.25) is 11.6 Å². The maximum Gasteiger partial charge on any atom is 0.313 e. The van der Waals surface area contributed by atoms with Crippen LogP contribution in [0.15, 0.2) is 41.3 Å². The van der Waals surface area contributed by atoms with Gasteiger partial charge in [-0.05, 0) is 62.7 Å². The molecule has 17 heteroatoms. The van der Waals surface area contributed by atoms with Gasteiger partial charge in [-0.3, -0.25) is 4.79 Å². The summed E-state index contributed by atoms with van der Waals surface area (Å²) in [7, 11) is 0. The molecule has 0 aliphatic carbocycles. The Kier molecular flexibility index (Phi) is 19.7. The minimum absolute atomic E-state index is 0.132. The number of nitrogens with one attached hydrogen (secondary N) is 4. The maximum atomic E-state index is 13.9. The minimum Gasteiger partial charge on any atom is -0.508 e. The van der Waals surface area contributed by atoms with Gasteiger partial charge in [0.15, 0.2) is 22.6 Å². The second-order valence-electron chi connectivity index (χ2n) is 9.97. The van der Waals surface area contributed by atoms with E-state index >= 15 is 0 Å². The molecule has 0 aliphatic rings. The van der Waals surface area contributed by atoms with Gasteiger partial charge in [0, 0.05) is 30.5 Å². The first-order chi connectivity index (χ1) is 23.1. The summed E-state index contributed by atoms with van der Waals surface area (Å²) in [4.78, 5) is 11.8. The number of rotatable bonds is 24. The molecular weight excluding hydrogens is 662 g/mol. The van der Waals surface area contributed by atoms with Crippen molar-refractivity contribution in [2.45, 2.75) is 32.6 Å². The van der Waals surface area contributed by atoms with Gasteiger partial charge in [-0.2, -0.15) is 9.50 Å². The summed E-state index contributed by atoms with van der Waals surface area (Å²) in [6.45, 7) is 4.11. The van der Waals surface area contributed by atoms with E-state index in [0.717, 1.165) is 25.5 Å². The molecular formula is C31H41F4N5O7S. The molecule has 0 unspecified atom stereocenters. The van der Waals surface area contributed by atoms with Crippen molar-refractivity contribution in [3.05, 3.63) is 65.0 Å². The third-order valence-corrected chi connectivity index (χ3v) is 6.54. The monoisotopic (exact) mass is 703 g/mol. The Morgan fingerprint density at radius 3 is 2.06 bits per heavy atom. The fourth-order valence-electron chi connectivity index (χ4n) is 3.73. The van der Waals surface area contributed by atoms with Gasteiger partial charge in [-0.1, -0.05) is 0 Å². The van der Waals surface area contributed by atoms with Crippen molar-refractivity contribution in [3.8, 4) is 11.5 Å². The first-order valence-electron chi connectivity index (χ1n) is 15.1. The van der Waals surface area contributed by atoms with Crippen LogP contribution < -0.4 is 20.7 Å². The first kappa shape index (κ1) is 40.3. The second kappa shape index (κ2) is 23.4. The fourth-order valence-corrected chi connectivity index (χ4v) is 3.95. The Labute approximate surface area is 281 Å². The predicted octanol–water partition coefficient (Wildman–Crippen LogP) is 5.24. The Hall–Kier alpha value is -3.90. The number of carbonyl (C=O) groups excluding carboxylic acids is 1. The SMILES string of the molecule is Cc1c(F)c(F)c(F)c(OC(=O)CCOCCOCCOCCOCCN/C=C(/CCCCNC(=S)Nc2ccc(O)cc2)N=N)c1F. The summed E-state index contributed by atoms with van der Waals surface area (Å²) in [6.07, 6.45) is 3.62. The van der Waals surface area contributed by atoms with Gasteiger partial charge in [0.25, 0.3) is 0 Å². The van der Waals surface area contributed by atoms with Gasteiger partial charge in [0.1, 0.15) is 5.75 Å². The molecule has 0 heterocycles. The average molecular weight is 704 g/mol. The molecule has 0 bridgehead atoms. The van der Waals surface area contributed by atoms with Crippen molar-refractivity contribution in [1.82, 2.24) is 10.6 Å². The molecule has 0 aromatic heterocycles. The number of unbranched alkanes of at least 4 members (excludes halogenated alkanes) is 1. The smallest absolute Gasteiger partial charge is 0.313 e. The number of anilines is 1. The fraction of sp³-hybridized carbons (Fsp3) is 0.484. The van der Waals surface area contributed by atoms with Crippen LogP contribution in [0.3, 0.4) is 0 Å². The Bertz CT molecular complexity index is 1310. The average Bonchev–Trinajstić information content (AvgIpc) is 3.08. The molecule has 2 aromatic rings. The molecule has 5 N–H and O–H groups in total. The molecule has 2 aromatic carbocycles. The summed E-state index contributed by atoms with van der Waals surface area (Å²) >= 11 is 5.25. The van der Waals surface area contributed by atoms with Crippen LogP contribution in [0.2, 0.25) is 0 Å². The number of esters is 1. The van der Waals surface area contributed by atoms with Gasteiger partial charge < -0.3 is 44.7 Å². The Morgan fingerprint density at radius 2 is 1.44 bits per heavy atom. The number of hydrogen-bond donors (Lipinski definition) is 5. The summed E-state index contributed by atoms with van der Waals surface area (Å²) in [5, 5.41) is 22.6. The topological polar surface area (TPSA) is 156 Å². The zero-order valence-corrected chi connectivity index (χ0v) is 27.4. The van der Waals surface area contributed by atoms with E-state index in [-0.39, 0.29) is 32.0 Å². The van der Waals surface area contributed by atoms with E-state index in [9.17, 15) is 27.5 Å². The molecule has 0 saturated carbocycles. The van der Waals surface area contributed by atoms with Crippen LogP contribution in [0, 0.1) is 35.7 Å². The van der Waals surface area contributed by atoms with Crippen LogP contribution in [0.25, 0.3) is 0 Å². The van der Waals surface area contributed by atoms with Crippen molar-refractivity contribution in [3.63, 3.8) is 0 Å². The zero-order valence-electron chi connectivity index (χ0n) is 26.6. The molecule has 0 radical (unpaired) electrons. The van der Waals surface area contributed by atoms with Gasteiger partial charge in [-0.15, -0.1) is 0 Å². The number of halogens is 4. The number of thiocarbonyl (C=S) groups is 1. The highest BCUT2D eigenvalue weighted by molar-refractivity contribution is 7.80. The molecule has 12 nitrogen and oxygen atoms in total. The number of aromatic hydroxyl groups is 1. The van der Waals surface area contributed by atoms with E-state index in [1.54, 1.807) is 30.5 Å². The van der Waals surface area contributed by atoms with E-state index in [1.165, 1.54) is 0 Å². The standard InChI is InChI=1S/C31H41F4N5O7S/c1-21-26(32)28(34)29(35)30(27(21)33)47-25(42)9-12-43-14-16-45-18-19-46-17-15-44-13-11-37-20-23(40-36)4-2-3-10-38-31(48)39-22-5-7-24(41)8-6-22/h5-8,20,36-37,41H,2-4,9-19H2,1H3,(H2,38,39,48)/b23-20-,40-36?. The summed E-state index contributed by atoms with van der Waals surface area (Å²) < 4.78 is 80.3. The predicted molar refractivity (Wildman–Crippen MR) is 172 cm³/mol. The van der Waals surface area contributed by atoms with Gasteiger partial charge >= 0.3 is 5.97 Å². The van der Waals surface area contributed by atoms with E-state index in [2.05, 4.69) is 25.8 Å². The Morgan fingerprint density at radius 1 is 0.833 bits per heavy atom. The molecule has 0 atom stereocenters. The number of ether oxygens (including phenoxy) is 5. The molecule has 0 fully saturated rings. The van der Waals surface area contributed by atoms with Gasteiger partial charge in [0.05, 0.1) is 65.0 Å². The highest BCUT2D eigenvalue weighted by Crippen LogP contribution is 2.29. The molecule has 0 amide bonds. The molecule has 266 valence electrons. The van der Waals surface area contributed by atoms with Crippen LogP contribution in [0.4, 0.5) is 23.2 Å². The zero-order chi connectivity index (χ0) is 35.1. The lowest BCUT2D eigenvalue weighted by Gasteiger charge is -2.10. The molecule has 48 heavy (non-hydrogen) atoms. The summed E-state index contributed by atoms with van der Waals surface area (Å²) in [5.74, 6) is -9.20. The third-order valence-electron chi connectivity index (χ3n) is 6.30. The number of nitrogens with zero attached hydrogens (tertiary/aromatic N) is 1. The first-order valence-corrected chi connectivity index (χ1v) is 15.5. The summed E-state index contributed by atoms with van der Waals surface area (Å²) in [5.41, 5.74) is 7.94. The van der Waals surface area contributed by atoms with E-state index < -0.39 is 40.6 Å². The van der Waals surface area contributed by atoms with Crippen LogP contribution >= 0.6 is 12.2 Å². The third kappa shape index (κ3) is 15.8. The number of phenolic OH excluding ortho intramolecular Hbond substituents is 1. The highest BCUT2D eigenvalue weighted by Gasteiger charge is 2.26. The lowest BCUT2D eigenvalue weighted by Crippen LogP contribution is -2.29. The van der Waals surface area contributed by atoms with Crippen molar-refractivity contribution >= 4 is 29.0 Å². The molecule has 0 spiro atoms. The number of phenols is 1. The highest BCUT2D eigenvalue weighted by atomic mass is 32.1.